The number of nitroso groups, excluding NO2 is 1. The van der Waals surface area contributed by atoms with Crippen molar-refractivity contribution in [2.75, 3.05) is 6.54 Å². The Balaban J connectivity index is 2.45. The topological polar surface area (TPSA) is 61.8 Å². The highest BCUT2D eigenvalue weighted by Gasteiger charge is 2.34. The summed E-state index contributed by atoms with van der Waals surface area (Å²) in [6, 6.07) is -1.24. The van der Waals surface area contributed by atoms with Gasteiger partial charge in [0.05, 0.1) is 5.29 Å². The molecule has 0 aliphatic heterocycles. The van der Waals surface area contributed by atoms with Gasteiger partial charge >= 0.3 is 12.2 Å². The number of hydrogen-bond acceptors (Lipinski definition) is 3. The first-order chi connectivity index (χ1) is 7.92. The first-order valence-corrected chi connectivity index (χ1v) is 5.40. The third kappa shape index (κ3) is 5.01. The molecular weight excluding hydrogens is 239 g/mol. The van der Waals surface area contributed by atoms with Gasteiger partial charge in [-0.25, -0.2) is 4.79 Å². The summed E-state index contributed by atoms with van der Waals surface area (Å²) in [6.07, 6.45) is -0.255. The number of rotatable bonds is 3. The number of carbonyl (C=O) groups excluding carboxylic acids is 1. The van der Waals surface area contributed by atoms with Crippen LogP contribution in [0.15, 0.2) is 5.29 Å². The van der Waals surface area contributed by atoms with E-state index >= 15 is 0 Å². The molecule has 5 nitrogen and oxygen atoms in total. The Labute approximate surface area is 96.3 Å². The lowest BCUT2D eigenvalue weighted by Crippen LogP contribution is -2.46. The minimum Gasteiger partial charge on any atom is -0.334 e. The van der Waals surface area contributed by atoms with Gasteiger partial charge in [0.25, 0.3) is 0 Å². The molecule has 98 valence electrons. The second kappa shape index (κ2) is 5.83. The molecule has 1 aliphatic carbocycles. The van der Waals surface area contributed by atoms with E-state index in [-0.39, 0.29) is 11.1 Å². The average molecular weight is 253 g/mol. The number of carbonyl (C=O) groups is 1. The maximum atomic E-state index is 12.0. The molecule has 0 aromatic heterocycles. The Bertz CT molecular complexity index is 277. The van der Waals surface area contributed by atoms with Crippen LogP contribution in [0.2, 0.25) is 0 Å². The van der Waals surface area contributed by atoms with Crippen molar-refractivity contribution in [1.29, 1.82) is 0 Å². The molecule has 1 aliphatic rings. The van der Waals surface area contributed by atoms with E-state index in [1.807, 2.05) is 0 Å². The largest absolute Gasteiger partial charge is 0.408 e. The lowest BCUT2D eigenvalue weighted by molar-refractivity contribution is -0.140. The number of urea groups is 1. The second-order valence-corrected chi connectivity index (χ2v) is 4.04. The Morgan fingerprint density at radius 2 is 1.88 bits per heavy atom. The molecule has 0 unspecified atom stereocenters. The predicted molar refractivity (Wildman–Crippen MR) is 54.0 cm³/mol. The summed E-state index contributed by atoms with van der Waals surface area (Å²) >= 11 is 0. The second-order valence-electron chi connectivity index (χ2n) is 4.04. The zero-order valence-electron chi connectivity index (χ0n) is 9.16. The van der Waals surface area contributed by atoms with Crippen LogP contribution in [0.1, 0.15) is 32.1 Å². The van der Waals surface area contributed by atoms with Gasteiger partial charge in [-0.3, -0.25) is 0 Å². The highest BCUT2D eigenvalue weighted by molar-refractivity contribution is 5.74. The van der Waals surface area contributed by atoms with Crippen LogP contribution in [0.3, 0.4) is 0 Å². The van der Waals surface area contributed by atoms with Crippen LogP contribution in [0.4, 0.5) is 18.0 Å². The van der Waals surface area contributed by atoms with Crippen LogP contribution in [-0.4, -0.2) is 29.8 Å². The van der Waals surface area contributed by atoms with Gasteiger partial charge in [0.2, 0.25) is 0 Å². The molecule has 0 saturated heterocycles. The number of nitrogens with zero attached hydrogens (tertiary/aromatic N) is 2. The first kappa shape index (κ1) is 13.7. The molecule has 1 saturated carbocycles. The van der Waals surface area contributed by atoms with Crippen LogP contribution < -0.4 is 5.32 Å². The highest BCUT2D eigenvalue weighted by Crippen LogP contribution is 2.19. The van der Waals surface area contributed by atoms with E-state index in [9.17, 15) is 22.9 Å². The number of alkyl halides is 3. The SMILES string of the molecule is O=NN(CC(F)(F)F)C(=O)NC1CCCCC1. The van der Waals surface area contributed by atoms with Crippen LogP contribution in [0, 0.1) is 4.91 Å². The normalized spacial score (nSPS) is 17.6. The van der Waals surface area contributed by atoms with E-state index in [1.165, 1.54) is 0 Å². The standard InChI is InChI=1S/C9H14F3N3O2/c10-9(11,12)6-15(14-17)8(16)13-7-4-2-1-3-5-7/h7H,1-6H2,(H,13,16). The summed E-state index contributed by atoms with van der Waals surface area (Å²) in [7, 11) is 0. The molecule has 0 radical (unpaired) electrons. The van der Waals surface area contributed by atoms with Gasteiger partial charge in [-0.1, -0.05) is 19.3 Å². The predicted octanol–water partition coefficient (Wildman–Crippen LogP) is 2.57. The first-order valence-electron chi connectivity index (χ1n) is 5.40. The lowest BCUT2D eigenvalue weighted by atomic mass is 9.96. The fraction of sp³-hybridized carbons (Fsp3) is 0.889. The summed E-state index contributed by atoms with van der Waals surface area (Å²) in [5.41, 5.74) is 0. The van der Waals surface area contributed by atoms with Crippen molar-refractivity contribution < 1.29 is 18.0 Å². The Kier molecular flexibility index (Phi) is 4.71. The molecule has 0 bridgehead atoms. The van der Waals surface area contributed by atoms with Gasteiger partial charge in [-0.15, -0.1) is 4.91 Å². The van der Waals surface area contributed by atoms with Gasteiger partial charge in [0.15, 0.2) is 0 Å². The van der Waals surface area contributed by atoms with E-state index in [2.05, 4.69) is 10.6 Å². The molecule has 1 rings (SSSR count). The minimum atomic E-state index is -4.63. The Morgan fingerprint density at radius 1 is 1.29 bits per heavy atom. The van der Waals surface area contributed by atoms with E-state index < -0.39 is 18.8 Å². The Hall–Kier alpha value is -1.34. The maximum Gasteiger partial charge on any atom is 0.408 e. The molecule has 0 spiro atoms. The lowest BCUT2D eigenvalue weighted by Gasteiger charge is -2.24. The van der Waals surface area contributed by atoms with Gasteiger partial charge < -0.3 is 5.32 Å². The molecule has 8 heteroatoms. The van der Waals surface area contributed by atoms with Crippen molar-refractivity contribution in [3.05, 3.63) is 4.91 Å². The molecule has 2 amide bonds. The fourth-order valence-electron chi connectivity index (χ4n) is 1.80. The van der Waals surface area contributed by atoms with E-state index in [0.29, 0.717) is 0 Å². The third-order valence-electron chi connectivity index (χ3n) is 2.59. The van der Waals surface area contributed by atoms with Crippen LogP contribution in [0.25, 0.3) is 0 Å². The van der Waals surface area contributed by atoms with Gasteiger partial charge in [0.1, 0.15) is 6.54 Å². The average Bonchev–Trinajstić information content (AvgIpc) is 2.26. The van der Waals surface area contributed by atoms with Crippen LogP contribution in [-0.2, 0) is 0 Å². The van der Waals surface area contributed by atoms with Gasteiger partial charge in [-0.2, -0.15) is 18.2 Å². The summed E-state index contributed by atoms with van der Waals surface area (Å²) in [5.74, 6) is 0. The zero-order valence-corrected chi connectivity index (χ0v) is 9.16. The van der Waals surface area contributed by atoms with Crippen molar-refractivity contribution in [2.45, 2.75) is 44.3 Å². The van der Waals surface area contributed by atoms with Crippen molar-refractivity contribution in [3.8, 4) is 0 Å². The highest BCUT2D eigenvalue weighted by atomic mass is 19.4. The molecule has 1 fully saturated rings. The van der Waals surface area contributed by atoms with Crippen LogP contribution >= 0.6 is 0 Å². The summed E-state index contributed by atoms with van der Waals surface area (Å²) in [4.78, 5) is 21.5. The number of halogens is 3. The fourth-order valence-corrected chi connectivity index (χ4v) is 1.80. The van der Waals surface area contributed by atoms with E-state index in [0.717, 1.165) is 32.1 Å². The molecular formula is C9H14F3N3O2. The van der Waals surface area contributed by atoms with Gasteiger partial charge in [-0.05, 0) is 12.8 Å². The van der Waals surface area contributed by atoms with Crippen molar-refractivity contribution in [2.24, 2.45) is 5.29 Å². The molecule has 0 aromatic rings. The molecule has 0 atom stereocenters. The van der Waals surface area contributed by atoms with Crippen molar-refractivity contribution in [3.63, 3.8) is 0 Å². The molecule has 1 N–H and O–H groups in total. The van der Waals surface area contributed by atoms with E-state index in [1.54, 1.807) is 0 Å². The van der Waals surface area contributed by atoms with Crippen molar-refractivity contribution >= 4 is 6.03 Å². The molecule has 0 heterocycles. The number of amides is 2. The molecule has 0 aromatic carbocycles. The zero-order chi connectivity index (χ0) is 12.9. The van der Waals surface area contributed by atoms with E-state index in [4.69, 9.17) is 0 Å². The minimum absolute atomic E-state index is 0.130. The summed E-state index contributed by atoms with van der Waals surface area (Å²) < 4.78 is 36.0. The Morgan fingerprint density at radius 3 is 2.35 bits per heavy atom. The monoisotopic (exact) mass is 253 g/mol. The number of hydrogen-bond donors (Lipinski definition) is 1. The summed E-state index contributed by atoms with van der Waals surface area (Å²) in [5, 5.41) is 4.35. The molecule has 17 heavy (non-hydrogen) atoms. The maximum absolute atomic E-state index is 12.0. The van der Waals surface area contributed by atoms with Crippen molar-refractivity contribution in [1.82, 2.24) is 10.3 Å². The quantitative estimate of drug-likeness (QED) is 0.620. The van der Waals surface area contributed by atoms with Gasteiger partial charge in [0, 0.05) is 6.04 Å². The smallest absolute Gasteiger partial charge is 0.334 e. The third-order valence-corrected chi connectivity index (χ3v) is 2.59. The number of nitrogens with one attached hydrogen (secondary N) is 1. The summed E-state index contributed by atoms with van der Waals surface area (Å²) in [6.45, 7) is -1.66. The van der Waals surface area contributed by atoms with Crippen LogP contribution in [0.5, 0.6) is 0 Å².